The summed E-state index contributed by atoms with van der Waals surface area (Å²) in [5.41, 5.74) is 1.07. The maximum absolute atomic E-state index is 13.6. The number of benzene rings is 2. The van der Waals surface area contributed by atoms with Gasteiger partial charge < -0.3 is 19.7 Å². The summed E-state index contributed by atoms with van der Waals surface area (Å²) in [5.74, 6) is 0.718. The first-order chi connectivity index (χ1) is 18.4. The van der Waals surface area contributed by atoms with Crippen molar-refractivity contribution in [2.75, 3.05) is 30.4 Å². The molecule has 2 aromatic rings. The van der Waals surface area contributed by atoms with Crippen LogP contribution in [0.5, 0.6) is 11.5 Å². The molecular formula is C27H35Cl2N3O6S. The van der Waals surface area contributed by atoms with Crippen LogP contribution in [0.15, 0.2) is 36.4 Å². The van der Waals surface area contributed by atoms with Crippen LogP contribution in [0.2, 0.25) is 10.0 Å². The van der Waals surface area contributed by atoms with E-state index in [0.29, 0.717) is 45.8 Å². The lowest BCUT2D eigenvalue weighted by atomic mass is 10.1. The first-order valence-corrected chi connectivity index (χ1v) is 15.4. The molecule has 0 aromatic heterocycles. The highest BCUT2D eigenvalue weighted by Gasteiger charge is 2.29. The van der Waals surface area contributed by atoms with Crippen molar-refractivity contribution in [1.82, 2.24) is 10.2 Å². The second-order valence-corrected chi connectivity index (χ2v) is 12.5. The molecule has 1 aliphatic heterocycles. The number of nitrogens with zero attached hydrogens (tertiary/aromatic N) is 2. The van der Waals surface area contributed by atoms with Crippen molar-refractivity contribution in [2.24, 2.45) is 5.92 Å². The van der Waals surface area contributed by atoms with E-state index in [1.54, 1.807) is 36.4 Å². The van der Waals surface area contributed by atoms with Gasteiger partial charge in [-0.15, -0.1) is 0 Å². The van der Waals surface area contributed by atoms with Crippen molar-refractivity contribution >= 4 is 50.7 Å². The van der Waals surface area contributed by atoms with Crippen molar-refractivity contribution in [3.05, 3.63) is 52.0 Å². The Morgan fingerprint density at radius 3 is 2.44 bits per heavy atom. The summed E-state index contributed by atoms with van der Waals surface area (Å²) in [6, 6.07) is 9.18. The van der Waals surface area contributed by atoms with Gasteiger partial charge in [-0.1, -0.05) is 50.0 Å². The van der Waals surface area contributed by atoms with Crippen LogP contribution >= 0.6 is 23.2 Å². The number of rotatable bonds is 13. The molecule has 1 atom stereocenters. The average Bonchev–Trinajstić information content (AvgIpc) is 3.33. The van der Waals surface area contributed by atoms with Crippen molar-refractivity contribution in [1.29, 1.82) is 0 Å². The number of amides is 2. The third kappa shape index (κ3) is 8.40. The summed E-state index contributed by atoms with van der Waals surface area (Å²) < 4.78 is 37.1. The van der Waals surface area contributed by atoms with E-state index in [0.717, 1.165) is 6.26 Å². The summed E-state index contributed by atoms with van der Waals surface area (Å²) in [4.78, 5) is 28.1. The fourth-order valence-electron chi connectivity index (χ4n) is 4.22. The van der Waals surface area contributed by atoms with Crippen LogP contribution < -0.4 is 19.1 Å². The number of hydrogen-bond donors (Lipinski definition) is 1. The Hall–Kier alpha value is -2.69. The van der Waals surface area contributed by atoms with Crippen molar-refractivity contribution in [2.45, 2.75) is 52.6 Å². The molecule has 2 amide bonds. The number of carbonyl (C=O) groups is 2. The molecule has 39 heavy (non-hydrogen) atoms. The third-order valence-corrected chi connectivity index (χ3v) is 8.00. The predicted octanol–water partition coefficient (Wildman–Crippen LogP) is 4.85. The molecule has 214 valence electrons. The fourth-order valence-corrected chi connectivity index (χ4v) is 5.65. The van der Waals surface area contributed by atoms with E-state index >= 15 is 0 Å². The van der Waals surface area contributed by atoms with Gasteiger partial charge in [-0.25, -0.2) is 8.42 Å². The minimum absolute atomic E-state index is 0.0236. The molecule has 0 fully saturated rings. The van der Waals surface area contributed by atoms with E-state index in [-0.39, 0.29) is 50.5 Å². The van der Waals surface area contributed by atoms with E-state index in [9.17, 15) is 18.0 Å². The highest BCUT2D eigenvalue weighted by molar-refractivity contribution is 7.92. The van der Waals surface area contributed by atoms with Gasteiger partial charge >= 0.3 is 0 Å². The molecule has 0 spiro atoms. The van der Waals surface area contributed by atoms with Crippen molar-refractivity contribution in [3.8, 4) is 11.5 Å². The van der Waals surface area contributed by atoms with Gasteiger partial charge in [0.05, 0.1) is 11.9 Å². The molecule has 1 heterocycles. The van der Waals surface area contributed by atoms with Gasteiger partial charge in [-0.3, -0.25) is 13.9 Å². The van der Waals surface area contributed by atoms with Crippen molar-refractivity contribution in [3.63, 3.8) is 0 Å². The molecule has 0 aliphatic carbocycles. The minimum Gasteiger partial charge on any atom is -0.454 e. The number of sulfonamides is 1. The number of fused-ring (bicyclic) bond motifs is 1. The van der Waals surface area contributed by atoms with Gasteiger partial charge in [0.25, 0.3) is 0 Å². The lowest BCUT2D eigenvalue weighted by molar-refractivity contribution is -0.141. The number of ether oxygens (including phenoxy) is 2. The summed E-state index contributed by atoms with van der Waals surface area (Å²) in [5, 5.41) is 3.78. The van der Waals surface area contributed by atoms with Gasteiger partial charge in [-0.2, -0.15) is 0 Å². The Bertz CT molecular complexity index is 1290. The Labute approximate surface area is 240 Å². The smallest absolute Gasteiger partial charge is 0.242 e. The second kappa shape index (κ2) is 13.6. The SMILES string of the molecule is CCC(C(=O)NCC(C)C)N(Cc1ccc(Cl)cc1Cl)C(=O)CCCN(c1ccc2c(c1)OCO2)S(C)(=O)=O. The summed E-state index contributed by atoms with van der Waals surface area (Å²) in [6.45, 7) is 6.56. The molecule has 2 aromatic carbocycles. The molecule has 0 saturated heterocycles. The maximum Gasteiger partial charge on any atom is 0.242 e. The highest BCUT2D eigenvalue weighted by Crippen LogP contribution is 2.36. The molecule has 12 heteroatoms. The molecule has 0 saturated carbocycles. The van der Waals surface area contributed by atoms with Crippen LogP contribution in [0.1, 0.15) is 45.6 Å². The van der Waals surface area contributed by atoms with Gasteiger partial charge in [-0.05, 0) is 48.6 Å². The molecule has 0 radical (unpaired) electrons. The van der Waals surface area contributed by atoms with Crippen LogP contribution in [0, 0.1) is 5.92 Å². The molecule has 9 nitrogen and oxygen atoms in total. The van der Waals surface area contributed by atoms with E-state index in [2.05, 4.69) is 5.32 Å². The van der Waals surface area contributed by atoms with Gasteiger partial charge in [0.1, 0.15) is 6.04 Å². The Morgan fingerprint density at radius 2 is 1.79 bits per heavy atom. The first-order valence-electron chi connectivity index (χ1n) is 12.8. The van der Waals surface area contributed by atoms with Crippen LogP contribution in [-0.4, -0.2) is 57.3 Å². The standard InChI is InChI=1S/C27H35Cl2N3O6S/c1-5-23(27(34)30-15-18(2)3)31(16-19-8-9-20(28)13-22(19)29)26(33)7-6-12-32(39(4,35)36)21-10-11-24-25(14-21)38-17-37-24/h8-11,13-14,18,23H,5-7,12,15-17H2,1-4H3,(H,30,34). The van der Waals surface area contributed by atoms with Crippen LogP contribution in [0.25, 0.3) is 0 Å². The van der Waals surface area contributed by atoms with E-state index in [1.165, 1.54) is 9.21 Å². The predicted molar refractivity (Wildman–Crippen MR) is 153 cm³/mol. The number of anilines is 1. The van der Waals surface area contributed by atoms with Crippen LogP contribution in [0.4, 0.5) is 5.69 Å². The Kier molecular flexibility index (Phi) is 10.7. The number of carbonyl (C=O) groups excluding carboxylic acids is 2. The quantitative estimate of drug-likeness (QED) is 0.353. The molecule has 1 aliphatic rings. The zero-order chi connectivity index (χ0) is 28.7. The van der Waals surface area contributed by atoms with Crippen molar-refractivity contribution < 1.29 is 27.5 Å². The fraction of sp³-hybridized carbons (Fsp3) is 0.481. The van der Waals surface area contributed by atoms with Gasteiger partial charge in [0.2, 0.25) is 28.6 Å². The number of hydrogen-bond acceptors (Lipinski definition) is 6. The zero-order valence-electron chi connectivity index (χ0n) is 22.6. The molecule has 1 N–H and O–H groups in total. The Morgan fingerprint density at radius 1 is 1.08 bits per heavy atom. The second-order valence-electron chi connectivity index (χ2n) is 9.80. The number of halogens is 2. The van der Waals surface area contributed by atoms with E-state index < -0.39 is 16.1 Å². The summed E-state index contributed by atoms with van der Waals surface area (Å²) in [6.07, 6.45) is 1.76. The third-order valence-electron chi connectivity index (χ3n) is 6.22. The average molecular weight is 601 g/mol. The van der Waals surface area contributed by atoms with E-state index in [4.69, 9.17) is 32.7 Å². The Balaban J connectivity index is 1.78. The zero-order valence-corrected chi connectivity index (χ0v) is 24.9. The highest BCUT2D eigenvalue weighted by atomic mass is 35.5. The van der Waals surface area contributed by atoms with Gasteiger partial charge in [0.15, 0.2) is 11.5 Å². The van der Waals surface area contributed by atoms with Crippen LogP contribution in [0.3, 0.4) is 0 Å². The van der Waals surface area contributed by atoms with E-state index in [1.807, 2.05) is 20.8 Å². The van der Waals surface area contributed by atoms with Crippen LogP contribution in [-0.2, 0) is 26.2 Å². The topological polar surface area (TPSA) is 105 Å². The first kappa shape index (κ1) is 30.8. The lowest BCUT2D eigenvalue weighted by Gasteiger charge is -2.31. The largest absolute Gasteiger partial charge is 0.454 e. The summed E-state index contributed by atoms with van der Waals surface area (Å²) in [7, 11) is -3.64. The molecular weight excluding hydrogens is 565 g/mol. The minimum atomic E-state index is -3.64. The molecule has 1 unspecified atom stereocenters. The molecule has 3 rings (SSSR count). The molecule has 0 bridgehead atoms. The monoisotopic (exact) mass is 599 g/mol. The maximum atomic E-state index is 13.6. The summed E-state index contributed by atoms with van der Waals surface area (Å²) >= 11 is 12.4. The van der Waals surface area contributed by atoms with Gasteiger partial charge in [0, 0.05) is 42.2 Å². The normalized spacial score (nSPS) is 13.3. The number of nitrogens with one attached hydrogen (secondary N) is 1. The lowest BCUT2D eigenvalue weighted by Crippen LogP contribution is -2.49.